The molecular weight excluding hydrogens is 198 g/mol. The van der Waals surface area contributed by atoms with Crippen LogP contribution in [-0.2, 0) is 4.74 Å². The van der Waals surface area contributed by atoms with Gasteiger partial charge < -0.3 is 10.1 Å². The minimum atomic E-state index is 0.545. The molecule has 1 fully saturated rings. The van der Waals surface area contributed by atoms with Crippen molar-refractivity contribution in [3.8, 4) is 0 Å². The minimum absolute atomic E-state index is 0.545. The van der Waals surface area contributed by atoms with Gasteiger partial charge in [-0.15, -0.1) is 0 Å². The number of hydrogen-bond acceptors (Lipinski definition) is 2. The predicted octanol–water partition coefficient (Wildman–Crippen LogP) is 3.36. The zero-order chi connectivity index (χ0) is 11.9. The summed E-state index contributed by atoms with van der Waals surface area (Å²) in [6, 6.07) is 0.699. The first-order valence-electron chi connectivity index (χ1n) is 6.95. The van der Waals surface area contributed by atoms with Crippen LogP contribution >= 0.6 is 0 Å². The first-order chi connectivity index (χ1) is 7.73. The highest BCUT2D eigenvalue weighted by Gasteiger charge is 2.35. The molecule has 1 rings (SSSR count). The van der Waals surface area contributed by atoms with Gasteiger partial charge in [-0.05, 0) is 44.1 Å². The van der Waals surface area contributed by atoms with Crippen molar-refractivity contribution < 1.29 is 4.74 Å². The van der Waals surface area contributed by atoms with E-state index in [9.17, 15) is 0 Å². The Bertz CT molecular complexity index is 176. The second-order valence-electron chi connectivity index (χ2n) is 5.50. The maximum Gasteiger partial charge on any atom is 0.0462 e. The molecule has 0 saturated heterocycles. The van der Waals surface area contributed by atoms with Gasteiger partial charge >= 0.3 is 0 Å². The quantitative estimate of drug-likeness (QED) is 0.642. The first kappa shape index (κ1) is 14.0. The molecule has 1 aliphatic carbocycles. The van der Waals surface area contributed by atoms with Crippen molar-refractivity contribution in [2.24, 2.45) is 5.41 Å². The lowest BCUT2D eigenvalue weighted by Crippen LogP contribution is -2.42. The fourth-order valence-corrected chi connectivity index (χ4v) is 2.98. The minimum Gasteiger partial charge on any atom is -0.385 e. The number of ether oxygens (including phenoxy) is 1. The highest BCUT2D eigenvalue weighted by atomic mass is 16.5. The molecule has 0 spiro atoms. The zero-order valence-electron chi connectivity index (χ0n) is 11.3. The van der Waals surface area contributed by atoms with Crippen LogP contribution < -0.4 is 5.32 Å². The van der Waals surface area contributed by atoms with Gasteiger partial charge in [-0.2, -0.15) is 0 Å². The molecule has 0 radical (unpaired) electrons. The molecule has 0 aromatic rings. The second kappa shape index (κ2) is 7.29. The van der Waals surface area contributed by atoms with Crippen LogP contribution in [0.4, 0.5) is 0 Å². The van der Waals surface area contributed by atoms with E-state index < -0.39 is 0 Å². The molecule has 1 N–H and O–H groups in total. The van der Waals surface area contributed by atoms with Crippen LogP contribution in [0.3, 0.4) is 0 Å². The van der Waals surface area contributed by atoms with E-state index in [2.05, 4.69) is 19.2 Å². The summed E-state index contributed by atoms with van der Waals surface area (Å²) < 4.78 is 5.16. The normalized spacial score (nSPS) is 21.2. The van der Waals surface area contributed by atoms with E-state index in [1.165, 1.54) is 44.9 Å². The summed E-state index contributed by atoms with van der Waals surface area (Å²) in [7, 11) is 1.80. The Labute approximate surface area is 101 Å². The highest BCUT2D eigenvalue weighted by molar-refractivity contribution is 4.91. The molecule has 0 aromatic heterocycles. The summed E-state index contributed by atoms with van der Waals surface area (Å²) in [6.45, 7) is 6.78. The first-order valence-corrected chi connectivity index (χ1v) is 6.95. The summed E-state index contributed by atoms with van der Waals surface area (Å²) >= 11 is 0. The van der Waals surface area contributed by atoms with Gasteiger partial charge in [-0.1, -0.05) is 26.7 Å². The standard InChI is InChI=1S/C14H29NO/c1-4-11-15-13(8-7-12-16-3)14(2)9-5-6-10-14/h13,15H,4-12H2,1-3H3. The van der Waals surface area contributed by atoms with Crippen LogP contribution in [0.25, 0.3) is 0 Å². The Hall–Kier alpha value is -0.0800. The molecular formula is C14H29NO. The molecule has 0 aromatic carbocycles. The monoisotopic (exact) mass is 227 g/mol. The lowest BCUT2D eigenvalue weighted by Gasteiger charge is -2.35. The van der Waals surface area contributed by atoms with Crippen LogP contribution in [0.15, 0.2) is 0 Å². The lowest BCUT2D eigenvalue weighted by atomic mass is 9.78. The molecule has 1 saturated carbocycles. The summed E-state index contributed by atoms with van der Waals surface area (Å²) in [4.78, 5) is 0. The van der Waals surface area contributed by atoms with Gasteiger partial charge in [0.1, 0.15) is 0 Å². The van der Waals surface area contributed by atoms with Gasteiger partial charge in [-0.3, -0.25) is 0 Å². The van der Waals surface area contributed by atoms with Crippen LogP contribution in [0.1, 0.15) is 58.8 Å². The highest BCUT2D eigenvalue weighted by Crippen LogP contribution is 2.41. The Morgan fingerprint density at radius 1 is 1.31 bits per heavy atom. The van der Waals surface area contributed by atoms with Gasteiger partial charge in [0.2, 0.25) is 0 Å². The van der Waals surface area contributed by atoms with E-state index in [1.807, 2.05) is 0 Å². The Morgan fingerprint density at radius 2 is 2.00 bits per heavy atom. The zero-order valence-corrected chi connectivity index (χ0v) is 11.3. The average molecular weight is 227 g/mol. The number of rotatable bonds is 8. The van der Waals surface area contributed by atoms with Gasteiger partial charge in [0, 0.05) is 19.8 Å². The van der Waals surface area contributed by atoms with Crippen molar-refractivity contribution >= 4 is 0 Å². The maximum atomic E-state index is 5.16. The van der Waals surface area contributed by atoms with Crippen LogP contribution in [0.2, 0.25) is 0 Å². The van der Waals surface area contributed by atoms with Crippen molar-refractivity contribution in [2.45, 2.75) is 64.8 Å². The van der Waals surface area contributed by atoms with Crippen LogP contribution in [0, 0.1) is 5.41 Å². The van der Waals surface area contributed by atoms with Crippen LogP contribution in [-0.4, -0.2) is 26.3 Å². The van der Waals surface area contributed by atoms with Gasteiger partial charge in [0.05, 0.1) is 0 Å². The molecule has 1 unspecified atom stereocenters. The maximum absolute atomic E-state index is 5.16. The largest absolute Gasteiger partial charge is 0.385 e. The van der Waals surface area contributed by atoms with Gasteiger partial charge in [0.15, 0.2) is 0 Å². The third-order valence-corrected chi connectivity index (χ3v) is 4.07. The third kappa shape index (κ3) is 4.06. The van der Waals surface area contributed by atoms with Crippen molar-refractivity contribution in [1.29, 1.82) is 0 Å². The lowest BCUT2D eigenvalue weighted by molar-refractivity contribution is 0.162. The third-order valence-electron chi connectivity index (χ3n) is 4.07. The second-order valence-corrected chi connectivity index (χ2v) is 5.50. The molecule has 0 amide bonds. The number of methoxy groups -OCH3 is 1. The Morgan fingerprint density at radius 3 is 2.56 bits per heavy atom. The smallest absolute Gasteiger partial charge is 0.0462 e. The van der Waals surface area contributed by atoms with Crippen LogP contribution in [0.5, 0.6) is 0 Å². The average Bonchev–Trinajstić information content (AvgIpc) is 2.71. The number of hydrogen-bond donors (Lipinski definition) is 1. The van der Waals surface area contributed by atoms with E-state index in [0.29, 0.717) is 11.5 Å². The fourth-order valence-electron chi connectivity index (χ4n) is 2.98. The Balaban J connectivity index is 2.41. The number of nitrogens with one attached hydrogen (secondary N) is 1. The molecule has 2 nitrogen and oxygen atoms in total. The van der Waals surface area contributed by atoms with E-state index in [-0.39, 0.29) is 0 Å². The summed E-state index contributed by atoms with van der Waals surface area (Å²) in [6.07, 6.45) is 9.34. The Kier molecular flexibility index (Phi) is 6.37. The van der Waals surface area contributed by atoms with E-state index in [1.54, 1.807) is 7.11 Å². The molecule has 1 atom stereocenters. The molecule has 1 aliphatic rings. The van der Waals surface area contributed by atoms with E-state index in [0.717, 1.165) is 13.2 Å². The molecule has 2 heteroatoms. The van der Waals surface area contributed by atoms with Crippen molar-refractivity contribution in [2.75, 3.05) is 20.3 Å². The van der Waals surface area contributed by atoms with E-state index >= 15 is 0 Å². The summed E-state index contributed by atoms with van der Waals surface area (Å²) in [5, 5.41) is 3.76. The topological polar surface area (TPSA) is 21.3 Å². The molecule has 0 aliphatic heterocycles. The summed E-state index contributed by atoms with van der Waals surface area (Å²) in [5.74, 6) is 0. The summed E-state index contributed by atoms with van der Waals surface area (Å²) in [5.41, 5.74) is 0.545. The van der Waals surface area contributed by atoms with Gasteiger partial charge in [0.25, 0.3) is 0 Å². The molecule has 0 bridgehead atoms. The van der Waals surface area contributed by atoms with Crippen molar-refractivity contribution in [3.63, 3.8) is 0 Å². The molecule has 96 valence electrons. The SMILES string of the molecule is CCCNC(CCCOC)C1(C)CCCC1. The van der Waals surface area contributed by atoms with Crippen molar-refractivity contribution in [1.82, 2.24) is 5.32 Å². The van der Waals surface area contributed by atoms with Gasteiger partial charge in [-0.25, -0.2) is 0 Å². The van der Waals surface area contributed by atoms with E-state index in [4.69, 9.17) is 4.74 Å². The molecule has 0 heterocycles. The fraction of sp³-hybridized carbons (Fsp3) is 1.00. The molecule has 16 heavy (non-hydrogen) atoms. The van der Waals surface area contributed by atoms with Crippen molar-refractivity contribution in [3.05, 3.63) is 0 Å². The predicted molar refractivity (Wildman–Crippen MR) is 69.8 cm³/mol.